The maximum atomic E-state index is 11.1. The van der Waals surface area contributed by atoms with Crippen LogP contribution >= 0.6 is 0 Å². The monoisotopic (exact) mass is 194 g/mol. The summed E-state index contributed by atoms with van der Waals surface area (Å²) in [7, 11) is 1.53. The molecule has 0 saturated heterocycles. The summed E-state index contributed by atoms with van der Waals surface area (Å²) in [5.74, 6) is 0.859. The Bertz CT molecular complexity index is 350. The van der Waals surface area contributed by atoms with Gasteiger partial charge < -0.3 is 13.9 Å². The number of methoxy groups -OCH3 is 1. The molecule has 0 aromatic carbocycles. The minimum atomic E-state index is -0.394. The van der Waals surface area contributed by atoms with Crippen LogP contribution in [0.15, 0.2) is 34.6 Å². The molecule has 0 bridgehead atoms. The van der Waals surface area contributed by atoms with Crippen molar-refractivity contribution in [3.05, 3.63) is 36.0 Å². The maximum absolute atomic E-state index is 11.1. The number of rotatable bonds is 2. The molecular weight excluding hydrogens is 184 g/mol. The number of hydrogen-bond acceptors (Lipinski definition) is 4. The largest absolute Gasteiger partial charge is 0.501 e. The van der Waals surface area contributed by atoms with E-state index in [1.54, 1.807) is 18.4 Å². The topological polar surface area (TPSA) is 48.7 Å². The molecule has 1 unspecified atom stereocenters. The molecule has 74 valence electrons. The van der Waals surface area contributed by atoms with E-state index in [1.165, 1.54) is 13.2 Å². The first-order chi connectivity index (χ1) is 6.79. The summed E-state index contributed by atoms with van der Waals surface area (Å²) in [6, 6.07) is 3.53. The fraction of sp³-hybridized carbons (Fsp3) is 0.300. The molecule has 2 heterocycles. The van der Waals surface area contributed by atoms with Gasteiger partial charge in [-0.15, -0.1) is 0 Å². The third-order valence-corrected chi connectivity index (χ3v) is 2.05. The number of ether oxygens (including phenoxy) is 2. The van der Waals surface area contributed by atoms with Crippen molar-refractivity contribution in [2.45, 2.75) is 12.5 Å². The molecular formula is C10H10O4. The SMILES string of the molecule is COC1=CC(=O)OC(c2ccco2)C1. The molecule has 0 radical (unpaired) electrons. The van der Waals surface area contributed by atoms with E-state index < -0.39 is 5.97 Å². The number of furan rings is 1. The van der Waals surface area contributed by atoms with Gasteiger partial charge in [-0.1, -0.05) is 0 Å². The summed E-state index contributed by atoms with van der Waals surface area (Å²) in [4.78, 5) is 11.1. The average molecular weight is 194 g/mol. The molecule has 1 aromatic rings. The minimum absolute atomic E-state index is 0.363. The van der Waals surface area contributed by atoms with Gasteiger partial charge in [0.1, 0.15) is 11.5 Å². The van der Waals surface area contributed by atoms with Crippen LogP contribution in [0.25, 0.3) is 0 Å². The van der Waals surface area contributed by atoms with E-state index in [1.807, 2.05) is 0 Å². The second-order valence-electron chi connectivity index (χ2n) is 2.96. The molecule has 0 spiro atoms. The summed E-state index contributed by atoms with van der Waals surface area (Å²) in [6.07, 6.45) is 3.06. The second kappa shape index (κ2) is 3.57. The van der Waals surface area contributed by atoms with Crippen molar-refractivity contribution in [1.29, 1.82) is 0 Å². The zero-order valence-electron chi connectivity index (χ0n) is 7.73. The Morgan fingerprint density at radius 3 is 3.07 bits per heavy atom. The summed E-state index contributed by atoms with van der Waals surface area (Å²) in [5, 5.41) is 0. The van der Waals surface area contributed by atoms with Crippen LogP contribution in [-0.2, 0) is 14.3 Å². The van der Waals surface area contributed by atoms with Crippen molar-refractivity contribution in [3.8, 4) is 0 Å². The van der Waals surface area contributed by atoms with Gasteiger partial charge in [0.15, 0.2) is 6.10 Å². The van der Waals surface area contributed by atoms with Gasteiger partial charge in [-0.2, -0.15) is 0 Å². The molecule has 14 heavy (non-hydrogen) atoms. The van der Waals surface area contributed by atoms with Crippen LogP contribution in [0.5, 0.6) is 0 Å². The highest BCUT2D eigenvalue weighted by Gasteiger charge is 2.25. The van der Waals surface area contributed by atoms with Crippen LogP contribution in [0.1, 0.15) is 18.3 Å². The fourth-order valence-electron chi connectivity index (χ4n) is 1.36. The molecule has 1 aliphatic rings. The lowest BCUT2D eigenvalue weighted by atomic mass is 10.1. The zero-order valence-corrected chi connectivity index (χ0v) is 7.73. The van der Waals surface area contributed by atoms with E-state index in [0.29, 0.717) is 17.9 Å². The second-order valence-corrected chi connectivity index (χ2v) is 2.96. The molecule has 1 aliphatic heterocycles. The molecule has 4 heteroatoms. The highest BCUT2D eigenvalue weighted by Crippen LogP contribution is 2.29. The van der Waals surface area contributed by atoms with Gasteiger partial charge in [0, 0.05) is 6.42 Å². The van der Waals surface area contributed by atoms with Crippen LogP contribution in [0.3, 0.4) is 0 Å². The summed E-state index contributed by atoms with van der Waals surface area (Å²) < 4.78 is 15.2. The minimum Gasteiger partial charge on any atom is -0.501 e. The third kappa shape index (κ3) is 1.64. The van der Waals surface area contributed by atoms with Crippen LogP contribution in [-0.4, -0.2) is 13.1 Å². The highest BCUT2D eigenvalue weighted by molar-refractivity contribution is 5.83. The van der Waals surface area contributed by atoms with Gasteiger partial charge in [-0.05, 0) is 12.1 Å². The lowest BCUT2D eigenvalue weighted by molar-refractivity contribution is -0.146. The first-order valence-corrected chi connectivity index (χ1v) is 4.28. The van der Waals surface area contributed by atoms with E-state index >= 15 is 0 Å². The average Bonchev–Trinajstić information content (AvgIpc) is 2.69. The molecule has 0 aliphatic carbocycles. The smallest absolute Gasteiger partial charge is 0.334 e. The molecule has 2 rings (SSSR count). The first-order valence-electron chi connectivity index (χ1n) is 4.28. The van der Waals surface area contributed by atoms with Crippen molar-refractivity contribution >= 4 is 5.97 Å². The van der Waals surface area contributed by atoms with E-state index in [2.05, 4.69) is 0 Å². The van der Waals surface area contributed by atoms with Crippen LogP contribution in [0, 0.1) is 0 Å². The van der Waals surface area contributed by atoms with E-state index in [-0.39, 0.29) is 6.10 Å². The predicted octanol–water partition coefficient (Wildman–Crippen LogP) is 1.80. The Balaban J connectivity index is 2.18. The summed E-state index contributed by atoms with van der Waals surface area (Å²) in [6.45, 7) is 0. The van der Waals surface area contributed by atoms with Crippen molar-refractivity contribution < 1.29 is 18.7 Å². The summed E-state index contributed by atoms with van der Waals surface area (Å²) in [5.41, 5.74) is 0. The van der Waals surface area contributed by atoms with E-state index in [0.717, 1.165) is 0 Å². The van der Waals surface area contributed by atoms with Crippen molar-refractivity contribution in [3.63, 3.8) is 0 Å². The normalized spacial score (nSPS) is 21.4. The Morgan fingerprint density at radius 1 is 1.57 bits per heavy atom. The van der Waals surface area contributed by atoms with Crippen molar-refractivity contribution in [2.24, 2.45) is 0 Å². The Labute approximate surface area is 81.1 Å². The Hall–Kier alpha value is -1.71. The van der Waals surface area contributed by atoms with Crippen LogP contribution < -0.4 is 0 Å². The van der Waals surface area contributed by atoms with Crippen LogP contribution in [0.2, 0.25) is 0 Å². The molecule has 0 N–H and O–H groups in total. The fourth-order valence-corrected chi connectivity index (χ4v) is 1.36. The van der Waals surface area contributed by atoms with Gasteiger partial charge in [-0.25, -0.2) is 4.79 Å². The quantitative estimate of drug-likeness (QED) is 0.673. The van der Waals surface area contributed by atoms with Crippen LogP contribution in [0.4, 0.5) is 0 Å². The predicted molar refractivity (Wildman–Crippen MR) is 47.3 cm³/mol. The molecule has 1 aromatic heterocycles. The van der Waals surface area contributed by atoms with Crippen molar-refractivity contribution in [1.82, 2.24) is 0 Å². The zero-order chi connectivity index (χ0) is 9.97. The first kappa shape index (κ1) is 8.87. The number of hydrogen-bond donors (Lipinski definition) is 0. The van der Waals surface area contributed by atoms with Gasteiger partial charge in [0.25, 0.3) is 0 Å². The lowest BCUT2D eigenvalue weighted by Gasteiger charge is -2.20. The molecule has 1 atom stereocenters. The van der Waals surface area contributed by atoms with E-state index in [4.69, 9.17) is 13.9 Å². The lowest BCUT2D eigenvalue weighted by Crippen LogP contribution is -2.16. The van der Waals surface area contributed by atoms with Gasteiger partial charge >= 0.3 is 5.97 Å². The molecule has 0 fully saturated rings. The standard InChI is InChI=1S/C10H10O4/c1-12-7-5-9(14-10(11)6-7)8-3-2-4-13-8/h2-4,6,9H,5H2,1H3. The molecule has 4 nitrogen and oxygen atoms in total. The molecule has 0 amide bonds. The summed E-state index contributed by atoms with van der Waals surface area (Å²) >= 11 is 0. The Morgan fingerprint density at radius 2 is 2.43 bits per heavy atom. The number of esters is 1. The molecule has 0 saturated carbocycles. The van der Waals surface area contributed by atoms with Crippen molar-refractivity contribution in [2.75, 3.05) is 7.11 Å². The van der Waals surface area contributed by atoms with Gasteiger partial charge in [0.2, 0.25) is 0 Å². The number of carbonyl (C=O) groups is 1. The number of carbonyl (C=O) groups excluding carboxylic acids is 1. The van der Waals surface area contributed by atoms with Gasteiger partial charge in [-0.3, -0.25) is 0 Å². The third-order valence-electron chi connectivity index (χ3n) is 2.05. The van der Waals surface area contributed by atoms with E-state index in [9.17, 15) is 4.79 Å². The highest BCUT2D eigenvalue weighted by atomic mass is 16.6. The van der Waals surface area contributed by atoms with Gasteiger partial charge in [0.05, 0.1) is 19.4 Å². The maximum Gasteiger partial charge on any atom is 0.334 e. The Kier molecular flexibility index (Phi) is 2.26. The number of cyclic esters (lactones) is 1.